The van der Waals surface area contributed by atoms with Crippen molar-refractivity contribution in [1.29, 1.82) is 0 Å². The van der Waals surface area contributed by atoms with E-state index in [9.17, 15) is 13.3 Å². The minimum atomic E-state index is -3.64. The average Bonchev–Trinajstić information content (AvgIpc) is 2.00. The van der Waals surface area contributed by atoms with Gasteiger partial charge in [-0.05, 0) is 39.8 Å². The Bertz CT molecular complexity index is 251. The van der Waals surface area contributed by atoms with Crippen molar-refractivity contribution in [2.45, 2.75) is 0 Å². The molecule has 0 bridgehead atoms. The van der Waals surface area contributed by atoms with Crippen LogP contribution in [0.3, 0.4) is 0 Å². The van der Waals surface area contributed by atoms with Crippen molar-refractivity contribution >= 4 is 19.0 Å². The SMILES string of the molecule is CN(C)P(=O)(/C(F)=C(\F)Cl)N(C)C. The minimum absolute atomic E-state index is 1.10. The third kappa shape index (κ3) is 2.50. The van der Waals surface area contributed by atoms with Gasteiger partial charge in [0.1, 0.15) is 0 Å². The predicted octanol–water partition coefficient (Wildman–Crippen LogP) is 2.61. The summed E-state index contributed by atoms with van der Waals surface area (Å²) < 4.78 is 39.5. The maximum absolute atomic E-state index is 13.1. The zero-order chi connectivity index (χ0) is 10.8. The van der Waals surface area contributed by atoms with Crippen molar-refractivity contribution in [3.05, 3.63) is 10.9 Å². The second kappa shape index (κ2) is 4.51. The first kappa shape index (κ1) is 13.0. The van der Waals surface area contributed by atoms with Gasteiger partial charge in [-0.25, -0.2) is 9.34 Å². The fourth-order valence-corrected chi connectivity index (χ4v) is 2.79. The number of nitrogens with zero attached hydrogens (tertiary/aromatic N) is 2. The van der Waals surface area contributed by atoms with Gasteiger partial charge in [-0.3, -0.25) is 4.57 Å². The molecule has 0 fully saturated rings. The van der Waals surface area contributed by atoms with Crippen molar-refractivity contribution in [3.63, 3.8) is 0 Å². The topological polar surface area (TPSA) is 23.6 Å². The Labute approximate surface area is 81.4 Å². The van der Waals surface area contributed by atoms with Crippen LogP contribution in [0.15, 0.2) is 10.9 Å². The van der Waals surface area contributed by atoms with E-state index in [2.05, 4.69) is 0 Å². The molecule has 0 saturated carbocycles. The number of hydrogen-bond acceptors (Lipinski definition) is 1. The summed E-state index contributed by atoms with van der Waals surface area (Å²) in [4.78, 5) is 0. The standard InChI is InChI=1S/C6H12ClF2N2OP/c1-10(2)13(12,11(3)4)6(9)5(7)8/h1-4H3/b6-5-. The van der Waals surface area contributed by atoms with Crippen molar-refractivity contribution in [1.82, 2.24) is 9.34 Å². The maximum Gasteiger partial charge on any atom is 0.276 e. The highest BCUT2D eigenvalue weighted by atomic mass is 35.5. The van der Waals surface area contributed by atoms with Crippen molar-refractivity contribution in [2.75, 3.05) is 28.2 Å². The molecular formula is C6H12ClF2N2OP. The molecule has 0 unspecified atom stereocenters. The van der Waals surface area contributed by atoms with Gasteiger partial charge in [0.15, 0.2) is 0 Å². The van der Waals surface area contributed by atoms with Crippen molar-refractivity contribution in [3.8, 4) is 0 Å². The lowest BCUT2D eigenvalue weighted by Gasteiger charge is -2.28. The Balaban J connectivity index is 5.30. The van der Waals surface area contributed by atoms with E-state index in [1.807, 2.05) is 0 Å². The Morgan fingerprint density at radius 1 is 1.15 bits per heavy atom. The molecule has 3 nitrogen and oxygen atoms in total. The molecule has 0 atom stereocenters. The summed E-state index contributed by atoms with van der Waals surface area (Å²) >= 11 is 4.81. The van der Waals surface area contributed by atoms with Crippen LogP contribution in [0.1, 0.15) is 0 Å². The Morgan fingerprint density at radius 3 is 1.54 bits per heavy atom. The summed E-state index contributed by atoms with van der Waals surface area (Å²) in [6.07, 6.45) is 0. The van der Waals surface area contributed by atoms with Gasteiger partial charge in [0.25, 0.3) is 7.44 Å². The molecule has 0 aliphatic heterocycles. The molecule has 78 valence electrons. The van der Waals surface area contributed by atoms with Crippen LogP contribution in [-0.4, -0.2) is 37.5 Å². The lowest BCUT2D eigenvalue weighted by molar-refractivity contribution is 0.435. The Kier molecular flexibility index (Phi) is 4.52. The normalized spacial score (nSPS) is 15.2. The molecule has 0 heterocycles. The number of hydrogen-bond donors (Lipinski definition) is 0. The molecule has 0 saturated heterocycles. The second-order valence-electron chi connectivity index (χ2n) is 2.79. The Morgan fingerprint density at radius 2 is 1.46 bits per heavy atom. The molecule has 0 aromatic rings. The third-order valence-electron chi connectivity index (χ3n) is 1.50. The summed E-state index contributed by atoms with van der Waals surface area (Å²) in [5, 5.41) is -1.56. The largest absolute Gasteiger partial charge is 0.281 e. The highest BCUT2D eigenvalue weighted by Gasteiger charge is 2.36. The van der Waals surface area contributed by atoms with Gasteiger partial charge in [0.05, 0.1) is 0 Å². The van der Waals surface area contributed by atoms with E-state index in [1.54, 1.807) is 0 Å². The zero-order valence-electron chi connectivity index (χ0n) is 7.88. The highest BCUT2D eigenvalue weighted by molar-refractivity contribution is 7.63. The van der Waals surface area contributed by atoms with Gasteiger partial charge in [-0.15, -0.1) is 0 Å². The molecule has 0 aliphatic carbocycles. The van der Waals surface area contributed by atoms with Crippen LogP contribution in [-0.2, 0) is 4.57 Å². The third-order valence-corrected chi connectivity index (χ3v) is 4.67. The smallest absolute Gasteiger partial charge is 0.276 e. The van der Waals surface area contributed by atoms with Crippen molar-refractivity contribution in [2.24, 2.45) is 0 Å². The highest BCUT2D eigenvalue weighted by Crippen LogP contribution is 2.59. The van der Waals surface area contributed by atoms with Gasteiger partial charge < -0.3 is 0 Å². The van der Waals surface area contributed by atoms with Gasteiger partial charge in [-0.2, -0.15) is 8.78 Å². The fourth-order valence-electron chi connectivity index (χ4n) is 0.819. The number of halogens is 3. The minimum Gasteiger partial charge on any atom is -0.281 e. The predicted molar refractivity (Wildman–Crippen MR) is 50.1 cm³/mol. The Hall–Kier alpha value is 0.0400. The van der Waals surface area contributed by atoms with Gasteiger partial charge in [0.2, 0.25) is 10.9 Å². The number of rotatable bonds is 3. The van der Waals surface area contributed by atoms with Gasteiger partial charge in [-0.1, -0.05) is 0 Å². The van der Waals surface area contributed by atoms with Crippen LogP contribution in [0.2, 0.25) is 0 Å². The second-order valence-corrected chi connectivity index (χ2v) is 6.20. The first-order valence-corrected chi connectivity index (χ1v) is 5.40. The van der Waals surface area contributed by atoms with E-state index in [-0.39, 0.29) is 0 Å². The molecule has 13 heavy (non-hydrogen) atoms. The monoisotopic (exact) mass is 232 g/mol. The summed E-state index contributed by atoms with van der Waals surface area (Å²) in [6, 6.07) is 0. The van der Waals surface area contributed by atoms with Crippen molar-refractivity contribution < 1.29 is 13.3 Å². The van der Waals surface area contributed by atoms with Crippen LogP contribution in [0.5, 0.6) is 0 Å². The van der Waals surface area contributed by atoms with E-state index >= 15 is 0 Å². The summed E-state index contributed by atoms with van der Waals surface area (Å²) in [7, 11) is 1.92. The maximum atomic E-state index is 13.1. The molecule has 0 aromatic carbocycles. The molecule has 0 amide bonds. The van der Waals surface area contributed by atoms with E-state index in [0.29, 0.717) is 0 Å². The lowest BCUT2D eigenvalue weighted by atomic mass is 11.1. The van der Waals surface area contributed by atoms with Crippen LogP contribution >= 0.6 is 19.0 Å². The van der Waals surface area contributed by atoms with E-state index in [1.165, 1.54) is 28.2 Å². The summed E-state index contributed by atoms with van der Waals surface area (Å²) in [6.45, 7) is 0. The average molecular weight is 233 g/mol. The van der Waals surface area contributed by atoms with Crippen LogP contribution < -0.4 is 0 Å². The molecule has 0 aromatic heterocycles. The van der Waals surface area contributed by atoms with Gasteiger partial charge in [0, 0.05) is 0 Å². The molecule has 0 spiro atoms. The molecule has 7 heteroatoms. The molecule has 0 radical (unpaired) electrons. The lowest BCUT2D eigenvalue weighted by Crippen LogP contribution is -2.21. The fraction of sp³-hybridized carbons (Fsp3) is 0.667. The first-order valence-electron chi connectivity index (χ1n) is 3.41. The van der Waals surface area contributed by atoms with Gasteiger partial charge >= 0.3 is 0 Å². The molecular weight excluding hydrogens is 221 g/mol. The summed E-state index contributed by atoms with van der Waals surface area (Å²) in [5.41, 5.74) is -1.43. The van der Waals surface area contributed by atoms with Crippen LogP contribution in [0.4, 0.5) is 8.78 Å². The quantitative estimate of drug-likeness (QED) is 0.699. The molecule has 0 N–H and O–H groups in total. The van der Waals surface area contributed by atoms with Crippen LogP contribution in [0.25, 0.3) is 0 Å². The molecule has 0 rings (SSSR count). The zero-order valence-corrected chi connectivity index (χ0v) is 9.53. The van der Waals surface area contributed by atoms with E-state index in [0.717, 1.165) is 9.34 Å². The first-order chi connectivity index (χ1) is 5.74. The van der Waals surface area contributed by atoms with Crippen LogP contribution in [0, 0.1) is 0 Å². The molecule has 0 aliphatic rings. The van der Waals surface area contributed by atoms with E-state index in [4.69, 9.17) is 11.6 Å². The summed E-state index contributed by atoms with van der Waals surface area (Å²) in [5.74, 6) is 0. The van der Waals surface area contributed by atoms with E-state index < -0.39 is 18.3 Å².